The third kappa shape index (κ3) is 7.02. The molecule has 1 aliphatic heterocycles. The van der Waals surface area contributed by atoms with Crippen LogP contribution < -0.4 is 5.32 Å². The van der Waals surface area contributed by atoms with E-state index in [-0.39, 0.29) is 42.6 Å². The molecule has 0 bridgehead atoms. The van der Waals surface area contributed by atoms with Crippen molar-refractivity contribution in [3.8, 4) is 0 Å². The van der Waals surface area contributed by atoms with E-state index in [1.807, 2.05) is 6.92 Å². The summed E-state index contributed by atoms with van der Waals surface area (Å²) < 4.78 is 32.7. The third-order valence-electron chi connectivity index (χ3n) is 6.12. The van der Waals surface area contributed by atoms with Gasteiger partial charge >= 0.3 is 0 Å². The highest BCUT2D eigenvalue weighted by molar-refractivity contribution is 7.89. The number of carbonyl (C=O) groups excluding carboxylic acids is 2. The topological polar surface area (TPSA) is 96.0 Å². The van der Waals surface area contributed by atoms with Crippen LogP contribution in [0.3, 0.4) is 0 Å². The van der Waals surface area contributed by atoms with Gasteiger partial charge < -0.3 is 15.0 Å². The molecule has 178 valence electrons. The second kappa shape index (κ2) is 11.8. The summed E-state index contributed by atoms with van der Waals surface area (Å²) in [5.74, 6) is -0.253. The summed E-state index contributed by atoms with van der Waals surface area (Å²) in [6.07, 6.45) is 6.20. The van der Waals surface area contributed by atoms with Crippen LogP contribution in [0.25, 0.3) is 0 Å². The van der Waals surface area contributed by atoms with Gasteiger partial charge in [0.25, 0.3) is 0 Å². The van der Waals surface area contributed by atoms with Crippen LogP contribution >= 0.6 is 0 Å². The number of carbonyl (C=O) groups is 2. The van der Waals surface area contributed by atoms with Crippen molar-refractivity contribution in [1.82, 2.24) is 14.5 Å². The Balaban J connectivity index is 1.31. The number of rotatable bonds is 10. The van der Waals surface area contributed by atoms with Crippen LogP contribution in [0.2, 0.25) is 0 Å². The minimum Gasteiger partial charge on any atom is -0.378 e. The van der Waals surface area contributed by atoms with E-state index in [0.29, 0.717) is 32.3 Å². The first-order chi connectivity index (χ1) is 15.4. The number of nitrogens with one attached hydrogen (secondary N) is 1. The van der Waals surface area contributed by atoms with Crippen molar-refractivity contribution in [3.05, 3.63) is 29.8 Å². The molecule has 0 radical (unpaired) electrons. The predicted molar refractivity (Wildman–Crippen MR) is 122 cm³/mol. The monoisotopic (exact) mass is 465 g/mol. The van der Waals surface area contributed by atoms with Crippen molar-refractivity contribution in [3.63, 3.8) is 0 Å². The number of hydrogen-bond acceptors (Lipinski definition) is 5. The molecule has 1 saturated heterocycles. The van der Waals surface area contributed by atoms with Gasteiger partial charge in [-0.25, -0.2) is 8.42 Å². The zero-order valence-corrected chi connectivity index (χ0v) is 19.7. The fourth-order valence-electron chi connectivity index (χ4n) is 4.11. The van der Waals surface area contributed by atoms with Crippen molar-refractivity contribution < 1.29 is 22.7 Å². The zero-order chi connectivity index (χ0) is 23.0. The summed E-state index contributed by atoms with van der Waals surface area (Å²) in [4.78, 5) is 26.4. The predicted octanol–water partition coefficient (Wildman–Crippen LogP) is 2.07. The summed E-state index contributed by atoms with van der Waals surface area (Å²) >= 11 is 0. The van der Waals surface area contributed by atoms with Gasteiger partial charge in [0.2, 0.25) is 21.8 Å². The average Bonchev–Trinajstić information content (AvgIpc) is 3.31. The van der Waals surface area contributed by atoms with E-state index in [2.05, 4.69) is 5.32 Å². The lowest BCUT2D eigenvalue weighted by atomic mass is 10.2. The molecule has 1 aliphatic carbocycles. The Morgan fingerprint density at radius 2 is 1.69 bits per heavy atom. The largest absolute Gasteiger partial charge is 0.378 e. The SMILES string of the molecule is Cc1ccc(S(=O)(=O)N2CCN(C(=O)CCC(=O)NCCCOC3CCCC3)CC2)cc1. The number of sulfonamides is 1. The van der Waals surface area contributed by atoms with Crippen molar-refractivity contribution in [2.24, 2.45) is 0 Å². The Labute approximate surface area is 191 Å². The van der Waals surface area contributed by atoms with E-state index in [9.17, 15) is 18.0 Å². The number of hydrogen-bond donors (Lipinski definition) is 1. The Kier molecular flexibility index (Phi) is 9.07. The number of benzene rings is 1. The summed E-state index contributed by atoms with van der Waals surface area (Å²) in [5.41, 5.74) is 1.00. The molecule has 2 aliphatic rings. The maximum Gasteiger partial charge on any atom is 0.243 e. The van der Waals surface area contributed by atoms with Crippen LogP contribution in [0, 0.1) is 6.92 Å². The first-order valence-electron chi connectivity index (χ1n) is 11.6. The molecule has 3 rings (SSSR count). The summed E-state index contributed by atoms with van der Waals surface area (Å²) in [6, 6.07) is 6.78. The molecular formula is C23H35N3O5S. The van der Waals surface area contributed by atoms with Gasteiger partial charge in [-0.3, -0.25) is 9.59 Å². The Bertz CT molecular complexity index is 858. The molecule has 1 saturated carbocycles. The molecule has 32 heavy (non-hydrogen) atoms. The first-order valence-corrected chi connectivity index (χ1v) is 13.0. The minimum atomic E-state index is -3.55. The number of aryl methyl sites for hydroxylation is 1. The maximum atomic E-state index is 12.8. The van der Waals surface area contributed by atoms with E-state index in [0.717, 1.165) is 24.8 Å². The van der Waals surface area contributed by atoms with Crippen LogP contribution in [0.1, 0.15) is 50.5 Å². The van der Waals surface area contributed by atoms with Gasteiger partial charge in [0.05, 0.1) is 11.0 Å². The maximum absolute atomic E-state index is 12.8. The lowest BCUT2D eigenvalue weighted by Crippen LogP contribution is -2.50. The van der Waals surface area contributed by atoms with Gasteiger partial charge in [-0.15, -0.1) is 0 Å². The summed E-state index contributed by atoms with van der Waals surface area (Å²) in [5, 5.41) is 2.84. The molecule has 8 nitrogen and oxygen atoms in total. The van der Waals surface area contributed by atoms with Crippen molar-refractivity contribution in [1.29, 1.82) is 0 Å². The van der Waals surface area contributed by atoms with Crippen LogP contribution in [-0.4, -0.2) is 74.9 Å². The number of piperazine rings is 1. The van der Waals surface area contributed by atoms with E-state index in [1.54, 1.807) is 29.2 Å². The minimum absolute atomic E-state index is 0.114. The van der Waals surface area contributed by atoms with E-state index in [1.165, 1.54) is 17.1 Å². The van der Waals surface area contributed by atoms with Crippen molar-refractivity contribution in [2.75, 3.05) is 39.3 Å². The Morgan fingerprint density at radius 1 is 1.03 bits per heavy atom. The van der Waals surface area contributed by atoms with E-state index in [4.69, 9.17) is 4.74 Å². The lowest BCUT2D eigenvalue weighted by Gasteiger charge is -2.34. The molecule has 2 fully saturated rings. The fourth-order valence-corrected chi connectivity index (χ4v) is 5.53. The van der Waals surface area contributed by atoms with Gasteiger partial charge in [0, 0.05) is 52.2 Å². The van der Waals surface area contributed by atoms with Crippen LogP contribution in [-0.2, 0) is 24.3 Å². The standard InChI is InChI=1S/C23H35N3O5S/c1-19-7-9-21(10-8-19)32(29,30)26-16-14-25(15-17-26)23(28)12-11-22(27)24-13-4-18-31-20-5-2-3-6-20/h7-10,20H,2-6,11-18H2,1H3,(H,24,27). The molecule has 9 heteroatoms. The molecule has 1 aromatic rings. The molecule has 1 N–H and O–H groups in total. The van der Waals surface area contributed by atoms with E-state index < -0.39 is 10.0 Å². The normalized spacial score (nSPS) is 18.1. The molecule has 2 amide bonds. The highest BCUT2D eigenvalue weighted by atomic mass is 32.2. The number of nitrogens with zero attached hydrogens (tertiary/aromatic N) is 2. The van der Waals surface area contributed by atoms with E-state index >= 15 is 0 Å². The first kappa shape index (κ1) is 24.7. The van der Waals surface area contributed by atoms with Crippen LogP contribution in [0.5, 0.6) is 0 Å². The van der Waals surface area contributed by atoms with Crippen LogP contribution in [0.15, 0.2) is 29.2 Å². The number of amides is 2. The van der Waals surface area contributed by atoms with Gasteiger partial charge in [-0.2, -0.15) is 4.31 Å². The van der Waals surface area contributed by atoms with Gasteiger partial charge in [-0.1, -0.05) is 30.5 Å². The Morgan fingerprint density at radius 3 is 2.34 bits per heavy atom. The lowest BCUT2D eigenvalue weighted by molar-refractivity contribution is -0.134. The molecular weight excluding hydrogens is 430 g/mol. The van der Waals surface area contributed by atoms with Gasteiger partial charge in [0.15, 0.2) is 0 Å². The second-order valence-corrected chi connectivity index (χ2v) is 10.5. The third-order valence-corrected chi connectivity index (χ3v) is 8.03. The smallest absolute Gasteiger partial charge is 0.243 e. The highest BCUT2D eigenvalue weighted by Gasteiger charge is 2.30. The van der Waals surface area contributed by atoms with Crippen molar-refractivity contribution >= 4 is 21.8 Å². The zero-order valence-electron chi connectivity index (χ0n) is 18.9. The fraction of sp³-hybridized carbons (Fsp3) is 0.652. The average molecular weight is 466 g/mol. The van der Waals surface area contributed by atoms with Crippen LogP contribution in [0.4, 0.5) is 0 Å². The molecule has 0 atom stereocenters. The van der Waals surface area contributed by atoms with Crippen molar-refractivity contribution in [2.45, 2.75) is 62.9 Å². The second-order valence-electron chi connectivity index (χ2n) is 8.58. The molecule has 0 aromatic heterocycles. The Hall–Kier alpha value is -1.97. The van der Waals surface area contributed by atoms with Gasteiger partial charge in [-0.05, 0) is 38.3 Å². The number of ether oxygens (including phenoxy) is 1. The molecule has 0 spiro atoms. The van der Waals surface area contributed by atoms with Gasteiger partial charge in [0.1, 0.15) is 0 Å². The molecule has 1 heterocycles. The summed E-state index contributed by atoms with van der Waals surface area (Å²) in [6.45, 7) is 4.31. The quantitative estimate of drug-likeness (QED) is 0.534. The summed E-state index contributed by atoms with van der Waals surface area (Å²) in [7, 11) is -3.55. The molecule has 0 unspecified atom stereocenters. The molecule has 1 aromatic carbocycles. The highest BCUT2D eigenvalue weighted by Crippen LogP contribution is 2.21.